The van der Waals surface area contributed by atoms with Crippen molar-refractivity contribution in [1.82, 2.24) is 5.43 Å². The van der Waals surface area contributed by atoms with Crippen molar-refractivity contribution in [1.29, 1.82) is 0 Å². The Labute approximate surface area is 205 Å². The number of methoxy groups -OCH3 is 1. The molecule has 1 N–H and O–H groups in total. The largest absolute Gasteiger partial charge is 0.493 e. The minimum absolute atomic E-state index is 0.329. The Morgan fingerprint density at radius 2 is 1.79 bits per heavy atom. The van der Waals surface area contributed by atoms with E-state index < -0.39 is 0 Å². The number of hydrogen-bond acceptors (Lipinski definition) is 4. The predicted molar refractivity (Wildman–Crippen MR) is 135 cm³/mol. The summed E-state index contributed by atoms with van der Waals surface area (Å²) in [6.45, 7) is 0.393. The van der Waals surface area contributed by atoms with Crippen molar-refractivity contribution in [3.05, 3.63) is 105 Å². The number of hydrogen-bond donors (Lipinski definition) is 1. The molecule has 4 aromatic carbocycles. The molecule has 0 aliphatic heterocycles. The fourth-order valence-corrected chi connectivity index (χ4v) is 3.97. The van der Waals surface area contributed by atoms with Crippen LogP contribution in [0.1, 0.15) is 21.5 Å². The summed E-state index contributed by atoms with van der Waals surface area (Å²) in [6, 6.07) is 24.6. The molecule has 0 aliphatic carbocycles. The van der Waals surface area contributed by atoms with E-state index in [1.165, 1.54) is 11.6 Å². The Hall–Kier alpha value is -3.35. The van der Waals surface area contributed by atoms with E-state index in [4.69, 9.17) is 21.1 Å². The molecule has 0 spiro atoms. The fourth-order valence-electron chi connectivity index (χ4n) is 3.27. The number of nitrogens with zero attached hydrogens (tertiary/aromatic N) is 1. The van der Waals surface area contributed by atoms with Crippen LogP contribution < -0.4 is 14.9 Å². The lowest BCUT2D eigenvalue weighted by atomic mass is 10.1. The monoisotopic (exact) mass is 522 g/mol. The topological polar surface area (TPSA) is 59.9 Å². The van der Waals surface area contributed by atoms with Crippen LogP contribution in [-0.2, 0) is 6.61 Å². The number of halogens is 2. The van der Waals surface area contributed by atoms with Crippen LogP contribution in [0.25, 0.3) is 10.8 Å². The summed E-state index contributed by atoms with van der Waals surface area (Å²) in [5.41, 5.74) is 4.75. The number of benzene rings is 4. The Bertz CT molecular complexity index is 1320. The van der Waals surface area contributed by atoms with E-state index in [9.17, 15) is 4.79 Å². The zero-order valence-corrected chi connectivity index (χ0v) is 20.1. The third-order valence-corrected chi connectivity index (χ3v) is 5.78. The summed E-state index contributed by atoms with van der Waals surface area (Å²) in [5.74, 6) is 0.813. The van der Waals surface area contributed by atoms with E-state index in [1.807, 2.05) is 24.3 Å². The first-order valence-electron chi connectivity index (χ1n) is 10.1. The second kappa shape index (κ2) is 10.5. The van der Waals surface area contributed by atoms with Crippen LogP contribution in [0.5, 0.6) is 11.5 Å². The van der Waals surface area contributed by atoms with Gasteiger partial charge in [0.1, 0.15) is 6.61 Å². The molecule has 7 heteroatoms. The molecule has 166 valence electrons. The Kier molecular flexibility index (Phi) is 7.27. The average molecular weight is 524 g/mol. The summed E-state index contributed by atoms with van der Waals surface area (Å²) < 4.78 is 12.3. The number of ether oxygens (including phenoxy) is 2. The van der Waals surface area contributed by atoms with Gasteiger partial charge in [0.15, 0.2) is 11.5 Å². The first-order chi connectivity index (χ1) is 16.0. The van der Waals surface area contributed by atoms with Crippen LogP contribution in [-0.4, -0.2) is 19.2 Å². The number of amides is 1. The highest BCUT2D eigenvalue weighted by atomic mass is 79.9. The van der Waals surface area contributed by atoms with Gasteiger partial charge in [-0.05, 0) is 80.3 Å². The highest BCUT2D eigenvalue weighted by Gasteiger charge is 2.12. The molecule has 0 bridgehead atoms. The van der Waals surface area contributed by atoms with E-state index in [-0.39, 0.29) is 5.91 Å². The van der Waals surface area contributed by atoms with E-state index in [2.05, 4.69) is 50.7 Å². The van der Waals surface area contributed by atoms with Crippen molar-refractivity contribution in [2.75, 3.05) is 7.11 Å². The average Bonchev–Trinajstić information content (AvgIpc) is 2.83. The maximum absolute atomic E-state index is 12.2. The number of carbonyl (C=O) groups excluding carboxylic acids is 1. The lowest BCUT2D eigenvalue weighted by Crippen LogP contribution is -2.17. The molecule has 1 amide bonds. The van der Waals surface area contributed by atoms with Crippen LogP contribution in [0.15, 0.2) is 88.4 Å². The molecule has 0 aliphatic rings. The number of rotatable bonds is 7. The molecule has 0 fully saturated rings. The van der Waals surface area contributed by atoms with Gasteiger partial charge in [0.25, 0.3) is 5.91 Å². The lowest BCUT2D eigenvalue weighted by molar-refractivity contribution is 0.0955. The van der Waals surface area contributed by atoms with Gasteiger partial charge >= 0.3 is 0 Å². The molecule has 4 aromatic rings. The minimum atomic E-state index is -0.329. The molecular weight excluding hydrogens is 504 g/mol. The van der Waals surface area contributed by atoms with Crippen molar-refractivity contribution in [3.8, 4) is 11.5 Å². The fraction of sp³-hybridized carbons (Fsp3) is 0.0769. The predicted octanol–water partition coefficient (Wildman–Crippen LogP) is 6.61. The summed E-state index contributed by atoms with van der Waals surface area (Å²) in [5, 5.41) is 6.95. The third-order valence-electron chi connectivity index (χ3n) is 4.93. The zero-order chi connectivity index (χ0) is 23.2. The van der Waals surface area contributed by atoms with Crippen molar-refractivity contribution < 1.29 is 14.3 Å². The molecule has 0 radical (unpaired) electrons. The van der Waals surface area contributed by atoms with Crippen molar-refractivity contribution in [2.24, 2.45) is 5.10 Å². The van der Waals surface area contributed by atoms with Gasteiger partial charge in [-0.2, -0.15) is 5.10 Å². The maximum Gasteiger partial charge on any atom is 0.271 e. The summed E-state index contributed by atoms with van der Waals surface area (Å²) in [4.78, 5) is 12.2. The Morgan fingerprint density at radius 1 is 1.03 bits per heavy atom. The zero-order valence-electron chi connectivity index (χ0n) is 17.7. The second-order valence-electron chi connectivity index (χ2n) is 7.21. The maximum atomic E-state index is 12.2. The Balaban J connectivity index is 1.45. The van der Waals surface area contributed by atoms with Crippen LogP contribution >= 0.6 is 27.5 Å². The summed E-state index contributed by atoms with van der Waals surface area (Å²) >= 11 is 9.40. The molecule has 0 atom stereocenters. The number of hydrazone groups is 1. The lowest BCUT2D eigenvalue weighted by Gasteiger charge is -2.14. The molecule has 0 saturated carbocycles. The standard InChI is InChI=1S/C26H20BrClN2O3/c1-32-24-14-18(15-29-30-26(31)20-8-10-22(28)11-9-20)13-23(27)25(24)33-16-17-6-7-19-4-2-3-5-21(19)12-17/h2-15H,16H2,1H3,(H,30,31)/b29-15-. The highest BCUT2D eigenvalue weighted by molar-refractivity contribution is 9.10. The Morgan fingerprint density at radius 3 is 2.55 bits per heavy atom. The smallest absolute Gasteiger partial charge is 0.271 e. The summed E-state index contributed by atoms with van der Waals surface area (Å²) in [6.07, 6.45) is 1.54. The summed E-state index contributed by atoms with van der Waals surface area (Å²) in [7, 11) is 1.58. The van der Waals surface area contributed by atoms with Crippen molar-refractivity contribution >= 4 is 50.4 Å². The molecular formula is C26H20BrClN2O3. The van der Waals surface area contributed by atoms with Gasteiger partial charge in [-0.25, -0.2) is 5.43 Å². The van der Waals surface area contributed by atoms with Crippen molar-refractivity contribution in [3.63, 3.8) is 0 Å². The van der Waals surface area contributed by atoms with E-state index >= 15 is 0 Å². The van der Waals surface area contributed by atoms with Gasteiger partial charge in [0.2, 0.25) is 0 Å². The molecule has 0 aromatic heterocycles. The first kappa shape index (κ1) is 22.8. The van der Waals surface area contributed by atoms with Crippen LogP contribution in [0, 0.1) is 0 Å². The first-order valence-corrected chi connectivity index (χ1v) is 11.3. The SMILES string of the molecule is COc1cc(/C=N\NC(=O)c2ccc(Cl)cc2)cc(Br)c1OCc1ccc2ccccc2c1. The van der Waals surface area contributed by atoms with Crippen molar-refractivity contribution in [2.45, 2.75) is 6.61 Å². The van der Waals surface area contributed by atoms with Gasteiger partial charge < -0.3 is 9.47 Å². The van der Waals surface area contributed by atoms with Crippen LogP contribution in [0.3, 0.4) is 0 Å². The molecule has 33 heavy (non-hydrogen) atoms. The molecule has 5 nitrogen and oxygen atoms in total. The number of nitrogens with one attached hydrogen (secondary N) is 1. The van der Waals surface area contributed by atoms with Gasteiger partial charge in [-0.15, -0.1) is 0 Å². The molecule has 0 unspecified atom stereocenters. The molecule has 0 saturated heterocycles. The van der Waals surface area contributed by atoms with E-state index in [1.54, 1.807) is 37.4 Å². The van der Waals surface area contributed by atoms with Crippen LogP contribution in [0.2, 0.25) is 5.02 Å². The normalized spacial score (nSPS) is 11.0. The quantitative estimate of drug-likeness (QED) is 0.219. The highest BCUT2D eigenvalue weighted by Crippen LogP contribution is 2.37. The van der Waals surface area contributed by atoms with Gasteiger partial charge in [0, 0.05) is 10.6 Å². The molecule has 4 rings (SSSR count). The van der Waals surface area contributed by atoms with E-state index in [0.717, 1.165) is 16.5 Å². The minimum Gasteiger partial charge on any atom is -0.493 e. The van der Waals surface area contributed by atoms with E-state index in [0.29, 0.717) is 33.2 Å². The van der Waals surface area contributed by atoms with Gasteiger partial charge in [-0.3, -0.25) is 4.79 Å². The van der Waals surface area contributed by atoms with Crippen LogP contribution in [0.4, 0.5) is 0 Å². The number of fused-ring (bicyclic) bond motifs is 1. The molecule has 0 heterocycles. The third kappa shape index (κ3) is 5.72. The van der Waals surface area contributed by atoms with Gasteiger partial charge in [-0.1, -0.05) is 48.0 Å². The van der Waals surface area contributed by atoms with Gasteiger partial charge in [0.05, 0.1) is 17.8 Å². The number of carbonyl (C=O) groups is 1. The second-order valence-corrected chi connectivity index (χ2v) is 8.50.